The SMILES string of the molecule is CN1CCC(c2ccc(F)cc2)C(COS(=O)(=O)c2ccccc2)C1. The molecule has 2 aromatic carbocycles. The van der Waals surface area contributed by atoms with Crippen molar-refractivity contribution in [1.82, 2.24) is 4.90 Å². The lowest BCUT2D eigenvalue weighted by atomic mass is 9.81. The van der Waals surface area contributed by atoms with Gasteiger partial charge in [-0.15, -0.1) is 0 Å². The Kier molecular flexibility index (Phi) is 5.51. The number of nitrogens with zero attached hydrogens (tertiary/aromatic N) is 1. The third-order valence-corrected chi connectivity index (χ3v) is 6.00. The van der Waals surface area contributed by atoms with E-state index >= 15 is 0 Å². The van der Waals surface area contributed by atoms with Gasteiger partial charge in [0.25, 0.3) is 10.1 Å². The van der Waals surface area contributed by atoms with Gasteiger partial charge in [-0.2, -0.15) is 8.42 Å². The highest BCUT2D eigenvalue weighted by Crippen LogP contribution is 2.33. The molecule has 3 rings (SSSR count). The second-order valence-electron chi connectivity index (χ2n) is 6.52. The molecule has 0 N–H and O–H groups in total. The van der Waals surface area contributed by atoms with E-state index in [2.05, 4.69) is 4.90 Å². The second-order valence-corrected chi connectivity index (χ2v) is 8.14. The van der Waals surface area contributed by atoms with Gasteiger partial charge in [0.2, 0.25) is 0 Å². The Hall–Kier alpha value is -1.76. The van der Waals surface area contributed by atoms with Crippen LogP contribution in [0, 0.1) is 11.7 Å². The first kappa shape index (κ1) is 18.0. The summed E-state index contributed by atoms with van der Waals surface area (Å²) in [4.78, 5) is 2.33. The van der Waals surface area contributed by atoms with Gasteiger partial charge < -0.3 is 4.90 Å². The van der Waals surface area contributed by atoms with Gasteiger partial charge in [0.15, 0.2) is 0 Å². The van der Waals surface area contributed by atoms with Crippen molar-refractivity contribution in [3.05, 3.63) is 66.0 Å². The molecule has 6 heteroatoms. The van der Waals surface area contributed by atoms with Crippen LogP contribution in [0.3, 0.4) is 0 Å². The van der Waals surface area contributed by atoms with E-state index in [1.165, 1.54) is 24.3 Å². The summed E-state index contributed by atoms with van der Waals surface area (Å²) in [6.45, 7) is 1.78. The minimum Gasteiger partial charge on any atom is -0.306 e. The van der Waals surface area contributed by atoms with Crippen LogP contribution in [0.1, 0.15) is 17.9 Å². The van der Waals surface area contributed by atoms with E-state index in [1.54, 1.807) is 30.3 Å². The van der Waals surface area contributed by atoms with Gasteiger partial charge in [-0.25, -0.2) is 4.39 Å². The normalized spacial score (nSPS) is 22.0. The van der Waals surface area contributed by atoms with E-state index in [0.29, 0.717) is 0 Å². The van der Waals surface area contributed by atoms with Crippen LogP contribution in [-0.2, 0) is 14.3 Å². The summed E-state index contributed by atoms with van der Waals surface area (Å²) in [5.41, 5.74) is 1.03. The van der Waals surface area contributed by atoms with Crippen molar-refractivity contribution in [3.8, 4) is 0 Å². The molecule has 0 saturated carbocycles. The van der Waals surface area contributed by atoms with Crippen molar-refractivity contribution < 1.29 is 17.0 Å². The number of rotatable bonds is 5. The van der Waals surface area contributed by atoms with Gasteiger partial charge in [-0.1, -0.05) is 30.3 Å². The number of hydrogen-bond donors (Lipinski definition) is 0. The maximum Gasteiger partial charge on any atom is 0.296 e. The molecule has 1 aliphatic rings. The molecular formula is C19H22FNO3S. The highest BCUT2D eigenvalue weighted by Gasteiger charge is 2.31. The fraction of sp³-hybridized carbons (Fsp3) is 0.368. The summed E-state index contributed by atoms with van der Waals surface area (Å²) < 4.78 is 43.3. The maximum atomic E-state index is 13.2. The molecule has 1 fully saturated rings. The van der Waals surface area contributed by atoms with Crippen LogP contribution >= 0.6 is 0 Å². The predicted molar refractivity (Wildman–Crippen MR) is 94.3 cm³/mol. The zero-order chi connectivity index (χ0) is 17.9. The molecule has 2 aromatic rings. The summed E-state index contributed by atoms with van der Waals surface area (Å²) in [5, 5.41) is 0. The van der Waals surface area contributed by atoms with Crippen LogP contribution in [-0.4, -0.2) is 40.1 Å². The number of halogens is 1. The average molecular weight is 363 g/mol. The first-order valence-corrected chi connectivity index (χ1v) is 9.75. The lowest BCUT2D eigenvalue weighted by Crippen LogP contribution is -2.39. The van der Waals surface area contributed by atoms with E-state index in [4.69, 9.17) is 4.18 Å². The van der Waals surface area contributed by atoms with E-state index in [1.807, 2.05) is 7.05 Å². The van der Waals surface area contributed by atoms with Crippen molar-refractivity contribution in [2.75, 3.05) is 26.7 Å². The molecule has 0 aromatic heterocycles. The zero-order valence-corrected chi connectivity index (χ0v) is 15.0. The molecule has 0 bridgehead atoms. The Labute approximate surface area is 148 Å². The van der Waals surface area contributed by atoms with Crippen molar-refractivity contribution in [2.45, 2.75) is 17.2 Å². The Balaban J connectivity index is 1.74. The maximum absolute atomic E-state index is 13.2. The van der Waals surface area contributed by atoms with Crippen LogP contribution in [0.4, 0.5) is 4.39 Å². The quantitative estimate of drug-likeness (QED) is 0.765. The lowest BCUT2D eigenvalue weighted by Gasteiger charge is -2.36. The predicted octanol–water partition coefficient (Wildman–Crippen LogP) is 3.27. The van der Waals surface area contributed by atoms with Gasteiger partial charge >= 0.3 is 0 Å². The molecule has 134 valence electrons. The van der Waals surface area contributed by atoms with Crippen LogP contribution in [0.15, 0.2) is 59.5 Å². The van der Waals surface area contributed by atoms with Gasteiger partial charge in [-0.3, -0.25) is 4.18 Å². The number of piperidine rings is 1. The molecule has 25 heavy (non-hydrogen) atoms. The largest absolute Gasteiger partial charge is 0.306 e. The van der Waals surface area contributed by atoms with E-state index < -0.39 is 10.1 Å². The van der Waals surface area contributed by atoms with Gasteiger partial charge in [0.05, 0.1) is 11.5 Å². The zero-order valence-electron chi connectivity index (χ0n) is 14.1. The molecule has 4 nitrogen and oxygen atoms in total. The molecule has 0 spiro atoms. The highest BCUT2D eigenvalue weighted by molar-refractivity contribution is 7.86. The fourth-order valence-electron chi connectivity index (χ4n) is 3.36. The average Bonchev–Trinajstić information content (AvgIpc) is 2.62. The molecule has 2 atom stereocenters. The minimum absolute atomic E-state index is 0.0303. The molecule has 0 amide bonds. The Morgan fingerprint density at radius 3 is 2.48 bits per heavy atom. The molecule has 1 aliphatic heterocycles. The Morgan fingerprint density at radius 1 is 1.12 bits per heavy atom. The van der Waals surface area contributed by atoms with E-state index in [-0.39, 0.29) is 29.2 Å². The first-order chi connectivity index (χ1) is 12.0. The standard InChI is InChI=1S/C19H22FNO3S/c1-21-12-11-19(15-7-9-17(20)10-8-15)16(13-21)14-24-25(22,23)18-5-3-2-4-6-18/h2-10,16,19H,11-14H2,1H3. The van der Waals surface area contributed by atoms with Gasteiger partial charge in [0, 0.05) is 12.5 Å². The molecule has 1 heterocycles. The Morgan fingerprint density at radius 2 is 1.80 bits per heavy atom. The number of benzene rings is 2. The summed E-state index contributed by atoms with van der Waals surface area (Å²) in [7, 11) is -1.75. The van der Waals surface area contributed by atoms with E-state index in [0.717, 1.165) is 25.1 Å². The van der Waals surface area contributed by atoms with Gasteiger partial charge in [-0.05, 0) is 55.8 Å². The smallest absolute Gasteiger partial charge is 0.296 e. The van der Waals surface area contributed by atoms with Crippen LogP contribution in [0.25, 0.3) is 0 Å². The molecule has 0 aliphatic carbocycles. The summed E-state index contributed by atoms with van der Waals surface area (Å²) in [5.74, 6) is -0.0818. The third kappa shape index (κ3) is 4.45. The molecule has 1 saturated heterocycles. The first-order valence-electron chi connectivity index (χ1n) is 8.34. The van der Waals surface area contributed by atoms with Crippen LogP contribution in [0.2, 0.25) is 0 Å². The highest BCUT2D eigenvalue weighted by atomic mass is 32.2. The van der Waals surface area contributed by atoms with Gasteiger partial charge in [0.1, 0.15) is 5.82 Å². The minimum atomic E-state index is -3.77. The number of likely N-dealkylation sites (tertiary alicyclic amines) is 1. The fourth-order valence-corrected chi connectivity index (χ4v) is 4.34. The van der Waals surface area contributed by atoms with Crippen LogP contribution in [0.5, 0.6) is 0 Å². The van der Waals surface area contributed by atoms with Crippen molar-refractivity contribution in [1.29, 1.82) is 0 Å². The third-order valence-electron chi connectivity index (χ3n) is 4.70. The van der Waals surface area contributed by atoms with E-state index in [9.17, 15) is 12.8 Å². The van der Waals surface area contributed by atoms with Crippen molar-refractivity contribution in [2.24, 2.45) is 5.92 Å². The second kappa shape index (κ2) is 7.64. The molecule has 0 radical (unpaired) electrons. The topological polar surface area (TPSA) is 46.6 Å². The summed E-state index contributed by atoms with van der Waals surface area (Å²) >= 11 is 0. The Bertz CT molecular complexity index is 793. The van der Waals surface area contributed by atoms with Crippen molar-refractivity contribution in [3.63, 3.8) is 0 Å². The lowest BCUT2D eigenvalue weighted by molar-refractivity contribution is 0.132. The van der Waals surface area contributed by atoms with Crippen LogP contribution < -0.4 is 0 Å². The number of hydrogen-bond acceptors (Lipinski definition) is 4. The summed E-state index contributed by atoms with van der Waals surface area (Å²) in [6.07, 6.45) is 0.890. The molecule has 2 unspecified atom stereocenters. The monoisotopic (exact) mass is 363 g/mol. The van der Waals surface area contributed by atoms with Crippen molar-refractivity contribution >= 4 is 10.1 Å². The molecular weight excluding hydrogens is 341 g/mol. The summed E-state index contributed by atoms with van der Waals surface area (Å²) in [6, 6.07) is 14.6.